The molecule has 1 saturated heterocycles. The van der Waals surface area contributed by atoms with Gasteiger partial charge < -0.3 is 4.74 Å². The van der Waals surface area contributed by atoms with Gasteiger partial charge in [0.2, 0.25) is 0 Å². The number of hydrogen-bond donors (Lipinski definition) is 0. The lowest BCUT2D eigenvalue weighted by Gasteiger charge is -2.25. The molecule has 18 heavy (non-hydrogen) atoms. The summed E-state index contributed by atoms with van der Waals surface area (Å²) >= 11 is 4.18. The zero-order valence-corrected chi connectivity index (χ0v) is 13.1. The maximum absolute atomic E-state index is 11.8. The smallest absolute Gasteiger partial charge is 0.338 e. The van der Waals surface area contributed by atoms with E-state index in [2.05, 4.69) is 27.5 Å². The number of hydrogen-bond acceptors (Lipinski definition) is 4. The van der Waals surface area contributed by atoms with Crippen LogP contribution in [0.15, 0.2) is 24.3 Å². The molecule has 1 aromatic carbocycles. The van der Waals surface area contributed by atoms with Crippen molar-refractivity contribution in [2.24, 2.45) is 0 Å². The predicted octanol–water partition coefficient (Wildman–Crippen LogP) is 2.50. The molecule has 0 spiro atoms. The molecule has 0 aliphatic carbocycles. The summed E-state index contributed by atoms with van der Waals surface area (Å²) in [6, 6.07) is 7.48. The van der Waals surface area contributed by atoms with E-state index in [1.807, 2.05) is 30.0 Å². The Hall–Kier alpha value is -0.270. The zero-order chi connectivity index (χ0) is 12.8. The van der Waals surface area contributed by atoms with Crippen LogP contribution < -0.4 is 0 Å². The quantitative estimate of drug-likeness (QED) is 0.596. The molecule has 98 valence electrons. The lowest BCUT2D eigenvalue weighted by Crippen LogP contribution is -2.35. The lowest BCUT2D eigenvalue weighted by atomic mass is 10.2. The van der Waals surface area contributed by atoms with Gasteiger partial charge in [-0.25, -0.2) is 4.79 Å². The van der Waals surface area contributed by atoms with E-state index in [0.29, 0.717) is 12.2 Å². The third kappa shape index (κ3) is 4.44. The van der Waals surface area contributed by atoms with E-state index < -0.39 is 0 Å². The Balaban J connectivity index is 1.74. The maximum Gasteiger partial charge on any atom is 0.338 e. The van der Waals surface area contributed by atoms with Crippen LogP contribution in [0.3, 0.4) is 0 Å². The van der Waals surface area contributed by atoms with Crippen LogP contribution in [0.2, 0.25) is 0 Å². The van der Waals surface area contributed by atoms with Gasteiger partial charge in [0.25, 0.3) is 0 Å². The van der Waals surface area contributed by atoms with Gasteiger partial charge in [-0.05, 0) is 40.8 Å². The fourth-order valence-corrected chi connectivity index (χ4v) is 3.31. The fourth-order valence-electron chi connectivity index (χ4n) is 1.79. The second-order valence-corrected chi connectivity index (χ2v) is 6.57. The number of carbonyl (C=O) groups is 1. The first-order valence-corrected chi connectivity index (χ1v) is 8.22. The molecule has 1 aromatic rings. The fraction of sp³-hybridized carbons (Fsp3) is 0.462. The van der Waals surface area contributed by atoms with Crippen molar-refractivity contribution in [3.63, 3.8) is 0 Å². The molecule has 1 heterocycles. The Bertz CT molecular complexity index is 408. The highest BCUT2D eigenvalue weighted by Gasteiger charge is 2.11. The second-order valence-electron chi connectivity index (χ2n) is 4.10. The number of benzene rings is 1. The third-order valence-electron chi connectivity index (χ3n) is 2.80. The summed E-state index contributed by atoms with van der Waals surface area (Å²) in [6.45, 7) is 3.53. The van der Waals surface area contributed by atoms with E-state index in [1.54, 1.807) is 6.07 Å². The molecule has 1 fully saturated rings. The topological polar surface area (TPSA) is 29.5 Å². The van der Waals surface area contributed by atoms with Crippen molar-refractivity contribution >= 4 is 40.3 Å². The average Bonchev–Trinajstić information content (AvgIpc) is 2.40. The summed E-state index contributed by atoms with van der Waals surface area (Å²) in [5, 5.41) is 0. The van der Waals surface area contributed by atoms with Crippen LogP contribution in [0.4, 0.5) is 0 Å². The molecule has 3 nitrogen and oxygen atoms in total. The van der Waals surface area contributed by atoms with Crippen LogP contribution in [-0.2, 0) is 4.74 Å². The van der Waals surface area contributed by atoms with Gasteiger partial charge in [-0.2, -0.15) is 11.8 Å². The van der Waals surface area contributed by atoms with E-state index in [-0.39, 0.29) is 5.97 Å². The van der Waals surface area contributed by atoms with Crippen molar-refractivity contribution in [2.45, 2.75) is 0 Å². The number of rotatable bonds is 4. The van der Waals surface area contributed by atoms with Gasteiger partial charge in [-0.15, -0.1) is 0 Å². The highest BCUT2D eigenvalue weighted by Crippen LogP contribution is 2.10. The van der Waals surface area contributed by atoms with Crippen molar-refractivity contribution in [2.75, 3.05) is 37.7 Å². The lowest BCUT2D eigenvalue weighted by molar-refractivity contribution is 0.0466. The van der Waals surface area contributed by atoms with E-state index in [9.17, 15) is 4.79 Å². The molecule has 5 heteroatoms. The monoisotopic (exact) mass is 377 g/mol. The maximum atomic E-state index is 11.8. The standard InChI is InChI=1S/C13H16INO2S/c14-12-3-1-2-11(10-12)13(16)17-7-4-15-5-8-18-9-6-15/h1-3,10H,4-9H2. The minimum atomic E-state index is -0.222. The van der Waals surface area contributed by atoms with Gasteiger partial charge in [0.15, 0.2) is 0 Å². The van der Waals surface area contributed by atoms with Gasteiger partial charge in [0.05, 0.1) is 5.56 Å². The van der Waals surface area contributed by atoms with Gasteiger partial charge in [-0.1, -0.05) is 6.07 Å². The van der Waals surface area contributed by atoms with E-state index >= 15 is 0 Å². The molecular formula is C13H16INO2S. The summed E-state index contributed by atoms with van der Waals surface area (Å²) in [6.07, 6.45) is 0. The van der Waals surface area contributed by atoms with Crippen molar-refractivity contribution in [3.05, 3.63) is 33.4 Å². The first-order valence-electron chi connectivity index (χ1n) is 5.98. The summed E-state index contributed by atoms with van der Waals surface area (Å²) < 4.78 is 6.35. The van der Waals surface area contributed by atoms with Crippen LogP contribution >= 0.6 is 34.4 Å². The summed E-state index contributed by atoms with van der Waals surface area (Å²) in [4.78, 5) is 14.1. The number of carbonyl (C=O) groups excluding carboxylic acids is 1. The van der Waals surface area contributed by atoms with E-state index in [4.69, 9.17) is 4.74 Å². The predicted molar refractivity (Wildman–Crippen MR) is 83.2 cm³/mol. The summed E-state index contributed by atoms with van der Waals surface area (Å²) in [7, 11) is 0. The molecule has 0 aromatic heterocycles. The Morgan fingerprint density at radius 3 is 2.89 bits per heavy atom. The Morgan fingerprint density at radius 1 is 1.39 bits per heavy atom. The Labute approximate surface area is 125 Å². The van der Waals surface area contributed by atoms with Crippen molar-refractivity contribution in [1.82, 2.24) is 4.90 Å². The van der Waals surface area contributed by atoms with Gasteiger partial charge in [0, 0.05) is 34.7 Å². The molecular weight excluding hydrogens is 361 g/mol. The van der Waals surface area contributed by atoms with Crippen LogP contribution in [0.1, 0.15) is 10.4 Å². The molecule has 0 bridgehead atoms. The normalized spacial score (nSPS) is 16.5. The first kappa shape index (κ1) is 14.1. The molecule has 2 rings (SSSR count). The summed E-state index contributed by atoms with van der Waals surface area (Å²) in [5.74, 6) is 2.15. The van der Waals surface area contributed by atoms with E-state index in [1.165, 1.54) is 11.5 Å². The number of nitrogens with zero attached hydrogens (tertiary/aromatic N) is 1. The SMILES string of the molecule is O=C(OCCN1CCSCC1)c1cccc(I)c1. The van der Waals surface area contributed by atoms with E-state index in [0.717, 1.165) is 23.2 Å². The number of esters is 1. The molecule has 0 amide bonds. The second kappa shape index (κ2) is 7.35. The molecule has 0 N–H and O–H groups in total. The van der Waals surface area contributed by atoms with Crippen molar-refractivity contribution in [3.8, 4) is 0 Å². The minimum absolute atomic E-state index is 0.222. The van der Waals surface area contributed by atoms with Crippen molar-refractivity contribution in [1.29, 1.82) is 0 Å². The van der Waals surface area contributed by atoms with Crippen molar-refractivity contribution < 1.29 is 9.53 Å². The van der Waals surface area contributed by atoms with Crippen LogP contribution in [0.5, 0.6) is 0 Å². The highest BCUT2D eigenvalue weighted by atomic mass is 127. The minimum Gasteiger partial charge on any atom is -0.461 e. The molecule has 0 unspecified atom stereocenters. The zero-order valence-electron chi connectivity index (χ0n) is 10.1. The summed E-state index contributed by atoms with van der Waals surface area (Å²) in [5.41, 5.74) is 0.635. The van der Waals surface area contributed by atoms with Crippen LogP contribution in [0.25, 0.3) is 0 Å². The largest absolute Gasteiger partial charge is 0.461 e. The third-order valence-corrected chi connectivity index (χ3v) is 4.42. The first-order chi connectivity index (χ1) is 8.75. The Kier molecular flexibility index (Phi) is 5.78. The number of thioether (sulfide) groups is 1. The van der Waals surface area contributed by atoms with Gasteiger partial charge in [-0.3, -0.25) is 4.90 Å². The number of ether oxygens (including phenoxy) is 1. The van der Waals surface area contributed by atoms with Gasteiger partial charge in [0.1, 0.15) is 6.61 Å². The Morgan fingerprint density at radius 2 is 2.17 bits per heavy atom. The number of halogens is 1. The van der Waals surface area contributed by atoms with Crippen LogP contribution in [-0.4, -0.2) is 48.6 Å². The van der Waals surface area contributed by atoms with Gasteiger partial charge >= 0.3 is 5.97 Å². The molecule has 1 aliphatic heterocycles. The molecule has 1 aliphatic rings. The molecule has 0 radical (unpaired) electrons. The van der Waals surface area contributed by atoms with Crippen LogP contribution in [0, 0.1) is 3.57 Å². The highest BCUT2D eigenvalue weighted by molar-refractivity contribution is 14.1. The average molecular weight is 377 g/mol. The molecule has 0 saturated carbocycles. The molecule has 0 atom stereocenters.